The standard InChI is InChI=1S/C20H26ClN3O2/c1-4-24(5-2)19(16-8-6-7-9-18(16)21)12-22-11-17-15(13-25)10-23-14(3)20(17)26/h6-11,19,25-26H,4-5,12-13H2,1-3H3/t19-/m1/s1. The molecule has 0 spiro atoms. The number of benzene rings is 1. The molecule has 0 aliphatic carbocycles. The number of aryl methyl sites for hydroxylation is 1. The van der Waals surface area contributed by atoms with E-state index in [1.807, 2.05) is 24.3 Å². The molecular weight excluding hydrogens is 350 g/mol. The van der Waals surface area contributed by atoms with Crippen LogP contribution in [0.25, 0.3) is 0 Å². The number of aliphatic hydroxyl groups excluding tert-OH is 1. The molecule has 2 aromatic rings. The minimum absolute atomic E-state index is 0.0394. The van der Waals surface area contributed by atoms with Crippen molar-refractivity contribution in [3.05, 3.63) is 57.9 Å². The molecule has 1 aromatic carbocycles. The summed E-state index contributed by atoms with van der Waals surface area (Å²) in [6.45, 7) is 7.99. The summed E-state index contributed by atoms with van der Waals surface area (Å²) >= 11 is 6.41. The average Bonchev–Trinajstić information content (AvgIpc) is 2.65. The molecule has 2 N–H and O–H groups in total. The minimum Gasteiger partial charge on any atom is -0.505 e. The molecule has 0 saturated carbocycles. The van der Waals surface area contributed by atoms with E-state index >= 15 is 0 Å². The predicted molar refractivity (Wildman–Crippen MR) is 106 cm³/mol. The van der Waals surface area contributed by atoms with Crippen LogP contribution < -0.4 is 0 Å². The summed E-state index contributed by atoms with van der Waals surface area (Å²) in [5.74, 6) is 0.0532. The molecule has 0 aliphatic rings. The van der Waals surface area contributed by atoms with Crippen molar-refractivity contribution in [1.29, 1.82) is 0 Å². The third kappa shape index (κ3) is 4.61. The van der Waals surface area contributed by atoms with Crippen molar-refractivity contribution in [2.45, 2.75) is 33.4 Å². The molecule has 26 heavy (non-hydrogen) atoms. The number of hydrogen-bond donors (Lipinski definition) is 2. The summed E-state index contributed by atoms with van der Waals surface area (Å²) in [7, 11) is 0. The van der Waals surface area contributed by atoms with Gasteiger partial charge in [0.15, 0.2) is 0 Å². The third-order valence-corrected chi connectivity index (χ3v) is 4.89. The van der Waals surface area contributed by atoms with Gasteiger partial charge in [-0.25, -0.2) is 0 Å². The number of aromatic hydroxyl groups is 1. The van der Waals surface area contributed by atoms with Crippen molar-refractivity contribution in [1.82, 2.24) is 9.88 Å². The van der Waals surface area contributed by atoms with Crippen molar-refractivity contribution < 1.29 is 10.2 Å². The predicted octanol–water partition coefficient (Wildman–Crippen LogP) is 3.74. The second kappa shape index (κ2) is 9.67. The maximum absolute atomic E-state index is 10.2. The summed E-state index contributed by atoms with van der Waals surface area (Å²) in [4.78, 5) is 10.9. The molecule has 0 saturated heterocycles. The van der Waals surface area contributed by atoms with Crippen LogP contribution >= 0.6 is 11.6 Å². The van der Waals surface area contributed by atoms with E-state index in [1.165, 1.54) is 0 Å². The highest BCUT2D eigenvalue weighted by molar-refractivity contribution is 6.31. The zero-order valence-corrected chi connectivity index (χ0v) is 16.2. The number of rotatable bonds is 8. The van der Waals surface area contributed by atoms with E-state index in [-0.39, 0.29) is 18.4 Å². The van der Waals surface area contributed by atoms with E-state index in [1.54, 1.807) is 19.3 Å². The summed E-state index contributed by atoms with van der Waals surface area (Å²) in [5.41, 5.74) is 2.61. The van der Waals surface area contributed by atoms with Gasteiger partial charge < -0.3 is 10.2 Å². The summed E-state index contributed by atoms with van der Waals surface area (Å²) in [6, 6.07) is 7.84. The van der Waals surface area contributed by atoms with Gasteiger partial charge in [0.1, 0.15) is 5.75 Å². The highest BCUT2D eigenvalue weighted by atomic mass is 35.5. The van der Waals surface area contributed by atoms with Crippen LogP contribution in [0.15, 0.2) is 35.5 Å². The zero-order valence-electron chi connectivity index (χ0n) is 15.5. The second-order valence-corrected chi connectivity index (χ2v) is 6.45. The van der Waals surface area contributed by atoms with Crippen LogP contribution in [0.5, 0.6) is 5.75 Å². The lowest BCUT2D eigenvalue weighted by molar-refractivity contribution is 0.224. The Kier molecular flexibility index (Phi) is 7.57. The van der Waals surface area contributed by atoms with Gasteiger partial charge in [0.25, 0.3) is 0 Å². The first-order valence-corrected chi connectivity index (χ1v) is 9.17. The largest absolute Gasteiger partial charge is 0.505 e. The Balaban J connectivity index is 2.32. The molecule has 5 nitrogen and oxygen atoms in total. The van der Waals surface area contributed by atoms with E-state index in [9.17, 15) is 10.2 Å². The molecule has 0 amide bonds. The number of nitrogens with zero attached hydrogens (tertiary/aromatic N) is 3. The van der Waals surface area contributed by atoms with Crippen molar-refractivity contribution in [2.24, 2.45) is 4.99 Å². The smallest absolute Gasteiger partial charge is 0.145 e. The highest BCUT2D eigenvalue weighted by Crippen LogP contribution is 2.28. The van der Waals surface area contributed by atoms with Crippen LogP contribution in [0.4, 0.5) is 0 Å². The van der Waals surface area contributed by atoms with E-state index < -0.39 is 0 Å². The lowest BCUT2D eigenvalue weighted by atomic mass is 10.0. The molecule has 140 valence electrons. The molecular formula is C20H26ClN3O2. The summed E-state index contributed by atoms with van der Waals surface area (Å²) in [5, 5.41) is 20.4. The van der Waals surface area contributed by atoms with Gasteiger partial charge in [0.05, 0.1) is 24.9 Å². The highest BCUT2D eigenvalue weighted by Gasteiger charge is 2.20. The number of likely N-dealkylation sites (N-methyl/N-ethyl adjacent to an activating group) is 1. The number of pyridine rings is 1. The lowest BCUT2D eigenvalue weighted by Gasteiger charge is -2.29. The van der Waals surface area contributed by atoms with E-state index in [0.717, 1.165) is 23.7 Å². The molecule has 0 fully saturated rings. The van der Waals surface area contributed by atoms with Crippen molar-refractivity contribution >= 4 is 17.8 Å². The van der Waals surface area contributed by atoms with Crippen molar-refractivity contribution in [3.63, 3.8) is 0 Å². The molecule has 1 atom stereocenters. The Labute approximate surface area is 160 Å². The van der Waals surface area contributed by atoms with Gasteiger partial charge in [-0.15, -0.1) is 0 Å². The van der Waals surface area contributed by atoms with E-state index in [0.29, 0.717) is 23.4 Å². The minimum atomic E-state index is -0.202. The van der Waals surface area contributed by atoms with Gasteiger partial charge >= 0.3 is 0 Å². The topological polar surface area (TPSA) is 69.0 Å². The van der Waals surface area contributed by atoms with Gasteiger partial charge in [0, 0.05) is 28.6 Å². The fourth-order valence-corrected chi connectivity index (χ4v) is 3.25. The maximum Gasteiger partial charge on any atom is 0.145 e. The molecule has 0 radical (unpaired) electrons. The molecule has 0 bridgehead atoms. The first-order chi connectivity index (χ1) is 12.5. The fraction of sp³-hybridized carbons (Fsp3) is 0.400. The van der Waals surface area contributed by atoms with Crippen molar-refractivity contribution in [3.8, 4) is 5.75 Å². The lowest BCUT2D eigenvalue weighted by Crippen LogP contribution is -2.30. The summed E-state index contributed by atoms with van der Waals surface area (Å²) in [6.07, 6.45) is 3.18. The van der Waals surface area contributed by atoms with Crippen LogP contribution in [-0.2, 0) is 6.61 Å². The molecule has 0 unspecified atom stereocenters. The Morgan fingerprint density at radius 1 is 1.27 bits per heavy atom. The number of aliphatic imine (C=N–C) groups is 1. The van der Waals surface area contributed by atoms with Gasteiger partial charge in [-0.05, 0) is 31.6 Å². The molecule has 1 heterocycles. The Bertz CT molecular complexity index is 761. The molecule has 2 rings (SSSR count). The van der Waals surface area contributed by atoms with Gasteiger partial charge in [-0.1, -0.05) is 43.6 Å². The summed E-state index contributed by atoms with van der Waals surface area (Å²) < 4.78 is 0. The van der Waals surface area contributed by atoms with E-state index in [4.69, 9.17) is 11.6 Å². The second-order valence-electron chi connectivity index (χ2n) is 6.04. The normalized spacial score (nSPS) is 12.8. The fourth-order valence-electron chi connectivity index (χ4n) is 2.99. The number of hydrogen-bond acceptors (Lipinski definition) is 5. The van der Waals surface area contributed by atoms with E-state index in [2.05, 4.69) is 28.7 Å². The van der Waals surface area contributed by atoms with Crippen LogP contribution in [0, 0.1) is 6.92 Å². The maximum atomic E-state index is 10.2. The number of aliphatic hydroxyl groups is 1. The van der Waals surface area contributed by atoms with Gasteiger partial charge in [-0.3, -0.25) is 14.9 Å². The first-order valence-electron chi connectivity index (χ1n) is 8.80. The SMILES string of the molecule is CCN(CC)[C@H](CN=Cc1c(CO)cnc(C)c1O)c1ccccc1Cl. The van der Waals surface area contributed by atoms with Crippen LogP contribution in [0.1, 0.15) is 42.3 Å². The molecule has 6 heteroatoms. The Hall–Kier alpha value is -1.95. The monoisotopic (exact) mass is 375 g/mol. The van der Waals surface area contributed by atoms with Gasteiger partial charge in [0.2, 0.25) is 0 Å². The van der Waals surface area contributed by atoms with Crippen molar-refractivity contribution in [2.75, 3.05) is 19.6 Å². The first kappa shape index (κ1) is 20.4. The third-order valence-electron chi connectivity index (χ3n) is 4.54. The van der Waals surface area contributed by atoms with Crippen LogP contribution in [0.2, 0.25) is 5.02 Å². The quantitative estimate of drug-likeness (QED) is 0.689. The number of halogens is 1. The Morgan fingerprint density at radius 3 is 2.58 bits per heavy atom. The number of aromatic nitrogens is 1. The molecule has 0 aliphatic heterocycles. The Morgan fingerprint density at radius 2 is 1.96 bits per heavy atom. The van der Waals surface area contributed by atoms with Crippen LogP contribution in [0.3, 0.4) is 0 Å². The zero-order chi connectivity index (χ0) is 19.1. The van der Waals surface area contributed by atoms with Crippen LogP contribution in [-0.4, -0.2) is 45.9 Å². The average molecular weight is 376 g/mol. The van der Waals surface area contributed by atoms with Gasteiger partial charge in [-0.2, -0.15) is 0 Å². The molecule has 1 aromatic heterocycles.